The molecular weight excluding hydrogens is 332 g/mol. The second-order valence-electron chi connectivity index (χ2n) is 5.15. The van der Waals surface area contributed by atoms with Crippen LogP contribution >= 0.6 is 11.6 Å². The number of phenolic OH excluding ortho intramolecular Hbond substituents is 2. The van der Waals surface area contributed by atoms with Gasteiger partial charge in [0.15, 0.2) is 17.6 Å². The highest BCUT2D eigenvalue weighted by atomic mass is 35.5. The van der Waals surface area contributed by atoms with Crippen LogP contribution in [0.5, 0.6) is 17.2 Å². The highest BCUT2D eigenvalue weighted by Crippen LogP contribution is 2.24. The van der Waals surface area contributed by atoms with Crippen LogP contribution in [-0.4, -0.2) is 28.4 Å². The first-order chi connectivity index (χ1) is 11.4. The van der Waals surface area contributed by atoms with E-state index in [1.165, 1.54) is 18.3 Å². The average molecular weight is 349 g/mol. The van der Waals surface area contributed by atoms with E-state index in [1.807, 2.05) is 6.92 Å². The molecule has 0 fully saturated rings. The number of phenols is 2. The number of carbonyl (C=O) groups excluding carboxylic acids is 1. The predicted molar refractivity (Wildman–Crippen MR) is 91.8 cm³/mol. The van der Waals surface area contributed by atoms with Crippen molar-refractivity contribution in [1.29, 1.82) is 0 Å². The number of aromatic hydroxyl groups is 2. The van der Waals surface area contributed by atoms with Crippen LogP contribution in [0.4, 0.5) is 0 Å². The Hall–Kier alpha value is -2.73. The number of hydrogen-bond acceptors (Lipinski definition) is 5. The molecule has 0 spiro atoms. The summed E-state index contributed by atoms with van der Waals surface area (Å²) in [7, 11) is 0. The zero-order valence-electron chi connectivity index (χ0n) is 13.2. The van der Waals surface area contributed by atoms with Gasteiger partial charge < -0.3 is 14.9 Å². The van der Waals surface area contributed by atoms with Gasteiger partial charge in [-0.25, -0.2) is 5.43 Å². The van der Waals surface area contributed by atoms with E-state index < -0.39 is 12.0 Å². The lowest BCUT2D eigenvalue weighted by Gasteiger charge is -2.14. The lowest BCUT2D eigenvalue weighted by atomic mass is 10.2. The molecule has 0 bridgehead atoms. The zero-order valence-corrected chi connectivity index (χ0v) is 13.9. The van der Waals surface area contributed by atoms with E-state index in [9.17, 15) is 15.0 Å². The normalized spacial score (nSPS) is 12.1. The van der Waals surface area contributed by atoms with Gasteiger partial charge in [-0.3, -0.25) is 4.79 Å². The van der Waals surface area contributed by atoms with E-state index >= 15 is 0 Å². The quantitative estimate of drug-likeness (QED) is 0.440. The molecule has 0 saturated heterocycles. The molecule has 0 aliphatic heterocycles. The Bertz CT molecular complexity index is 777. The monoisotopic (exact) mass is 348 g/mol. The second kappa shape index (κ2) is 7.70. The number of aryl methyl sites for hydroxylation is 1. The molecule has 0 aromatic heterocycles. The Kier molecular flexibility index (Phi) is 5.65. The molecular formula is C17H17ClN2O4. The fourth-order valence-electron chi connectivity index (χ4n) is 1.87. The summed E-state index contributed by atoms with van der Waals surface area (Å²) in [6.07, 6.45) is 0.590. The number of benzene rings is 2. The number of halogens is 1. The van der Waals surface area contributed by atoms with Gasteiger partial charge in [-0.05, 0) is 61.4 Å². The number of amides is 1. The van der Waals surface area contributed by atoms with Crippen molar-refractivity contribution in [2.45, 2.75) is 20.0 Å². The van der Waals surface area contributed by atoms with Gasteiger partial charge in [-0.15, -0.1) is 0 Å². The maximum Gasteiger partial charge on any atom is 0.280 e. The first-order valence-corrected chi connectivity index (χ1v) is 7.52. The Balaban J connectivity index is 1.93. The SMILES string of the molecule is Cc1cc(Cl)ccc1OC(C)C(=O)NN=Cc1ccc(O)c(O)c1. The molecule has 2 aromatic rings. The van der Waals surface area contributed by atoms with E-state index in [0.29, 0.717) is 16.3 Å². The Morgan fingerprint density at radius 3 is 2.67 bits per heavy atom. The smallest absolute Gasteiger partial charge is 0.280 e. The standard InChI is InChI=1S/C17H17ClN2O4/c1-10-7-13(18)4-6-16(10)24-11(2)17(23)20-19-9-12-3-5-14(21)15(22)8-12/h3-9,11,21-22H,1-2H3,(H,20,23). The summed E-state index contributed by atoms with van der Waals surface area (Å²) in [5.74, 6) is -0.352. The summed E-state index contributed by atoms with van der Waals surface area (Å²) in [5, 5.41) is 23.0. The summed E-state index contributed by atoms with van der Waals surface area (Å²) < 4.78 is 5.58. The van der Waals surface area contributed by atoms with E-state index in [1.54, 1.807) is 31.2 Å². The van der Waals surface area contributed by atoms with Gasteiger partial charge in [0.25, 0.3) is 5.91 Å². The Morgan fingerprint density at radius 2 is 2.00 bits per heavy atom. The van der Waals surface area contributed by atoms with Gasteiger partial charge in [0, 0.05) is 5.02 Å². The molecule has 0 radical (unpaired) electrons. The number of nitrogens with zero attached hydrogens (tertiary/aromatic N) is 1. The van der Waals surface area contributed by atoms with Crippen molar-refractivity contribution in [1.82, 2.24) is 5.43 Å². The number of hydrazone groups is 1. The van der Waals surface area contributed by atoms with Crippen molar-refractivity contribution in [2.75, 3.05) is 0 Å². The van der Waals surface area contributed by atoms with Gasteiger partial charge in [0.05, 0.1) is 6.21 Å². The molecule has 1 amide bonds. The van der Waals surface area contributed by atoms with Crippen molar-refractivity contribution in [3.05, 3.63) is 52.5 Å². The maximum absolute atomic E-state index is 12.0. The van der Waals surface area contributed by atoms with Crippen LogP contribution in [0, 0.1) is 6.92 Å². The minimum absolute atomic E-state index is 0.225. The van der Waals surface area contributed by atoms with Crippen molar-refractivity contribution in [3.63, 3.8) is 0 Å². The molecule has 0 heterocycles. The number of rotatable bonds is 5. The summed E-state index contributed by atoms with van der Waals surface area (Å²) in [4.78, 5) is 12.0. The number of carbonyl (C=O) groups is 1. The van der Waals surface area contributed by atoms with E-state index in [0.717, 1.165) is 5.56 Å². The van der Waals surface area contributed by atoms with Gasteiger partial charge in [0.1, 0.15) is 5.75 Å². The first kappa shape index (κ1) is 17.6. The van der Waals surface area contributed by atoms with Crippen LogP contribution in [0.15, 0.2) is 41.5 Å². The third-order valence-corrected chi connectivity index (χ3v) is 3.43. The Morgan fingerprint density at radius 1 is 1.25 bits per heavy atom. The molecule has 6 nitrogen and oxygen atoms in total. The molecule has 0 saturated carbocycles. The third kappa shape index (κ3) is 4.63. The molecule has 7 heteroatoms. The molecule has 0 aliphatic rings. The van der Waals surface area contributed by atoms with Crippen molar-refractivity contribution >= 4 is 23.7 Å². The van der Waals surface area contributed by atoms with Crippen LogP contribution in [0.1, 0.15) is 18.1 Å². The topological polar surface area (TPSA) is 91.2 Å². The summed E-state index contributed by atoms with van der Waals surface area (Å²) in [6.45, 7) is 3.44. The fourth-order valence-corrected chi connectivity index (χ4v) is 2.10. The van der Waals surface area contributed by atoms with Crippen molar-refractivity contribution in [2.24, 2.45) is 5.10 Å². The van der Waals surface area contributed by atoms with Crippen LogP contribution < -0.4 is 10.2 Å². The van der Waals surface area contributed by atoms with Gasteiger partial charge in [-0.1, -0.05) is 11.6 Å². The molecule has 1 unspecified atom stereocenters. The maximum atomic E-state index is 12.0. The van der Waals surface area contributed by atoms with Gasteiger partial charge in [-0.2, -0.15) is 5.10 Å². The number of hydrogen-bond donors (Lipinski definition) is 3. The van der Waals surface area contributed by atoms with E-state index in [4.69, 9.17) is 16.3 Å². The lowest BCUT2D eigenvalue weighted by molar-refractivity contribution is -0.127. The molecule has 126 valence electrons. The lowest BCUT2D eigenvalue weighted by Crippen LogP contribution is -2.33. The van der Waals surface area contributed by atoms with E-state index in [2.05, 4.69) is 10.5 Å². The molecule has 3 N–H and O–H groups in total. The molecule has 2 aromatic carbocycles. The minimum Gasteiger partial charge on any atom is -0.504 e. The van der Waals surface area contributed by atoms with Crippen molar-refractivity contribution < 1.29 is 19.7 Å². The summed E-state index contributed by atoms with van der Waals surface area (Å²) in [5.41, 5.74) is 3.70. The molecule has 0 aliphatic carbocycles. The summed E-state index contributed by atoms with van der Waals surface area (Å²) in [6, 6.07) is 9.32. The largest absolute Gasteiger partial charge is 0.504 e. The van der Waals surface area contributed by atoms with Crippen LogP contribution in [0.2, 0.25) is 5.02 Å². The first-order valence-electron chi connectivity index (χ1n) is 7.14. The van der Waals surface area contributed by atoms with Crippen LogP contribution in [0.25, 0.3) is 0 Å². The third-order valence-electron chi connectivity index (χ3n) is 3.20. The minimum atomic E-state index is -0.754. The Labute approximate surface area is 144 Å². The van der Waals surface area contributed by atoms with Gasteiger partial charge in [0.2, 0.25) is 0 Å². The molecule has 1 atom stereocenters. The zero-order chi connectivity index (χ0) is 17.7. The average Bonchev–Trinajstić information content (AvgIpc) is 2.53. The number of nitrogens with one attached hydrogen (secondary N) is 1. The number of ether oxygens (including phenoxy) is 1. The van der Waals surface area contributed by atoms with E-state index in [-0.39, 0.29) is 11.5 Å². The van der Waals surface area contributed by atoms with Crippen LogP contribution in [-0.2, 0) is 4.79 Å². The highest BCUT2D eigenvalue weighted by Gasteiger charge is 2.15. The van der Waals surface area contributed by atoms with Gasteiger partial charge >= 0.3 is 0 Å². The fraction of sp³-hybridized carbons (Fsp3) is 0.176. The summed E-state index contributed by atoms with van der Waals surface area (Å²) >= 11 is 5.88. The second-order valence-corrected chi connectivity index (χ2v) is 5.59. The van der Waals surface area contributed by atoms with Crippen LogP contribution in [0.3, 0.4) is 0 Å². The molecule has 2 rings (SSSR count). The molecule has 24 heavy (non-hydrogen) atoms. The van der Waals surface area contributed by atoms with Crippen molar-refractivity contribution in [3.8, 4) is 17.2 Å². The predicted octanol–water partition coefficient (Wildman–Crippen LogP) is 2.98. The highest BCUT2D eigenvalue weighted by molar-refractivity contribution is 6.30.